The molecule has 2 fully saturated rings. The number of nitrogens with zero attached hydrogens (tertiary/aromatic N) is 4. The van der Waals surface area contributed by atoms with Crippen molar-refractivity contribution >= 4 is 23.2 Å². The molecule has 1 aliphatic heterocycles. The van der Waals surface area contributed by atoms with E-state index >= 15 is 0 Å². The maximum atomic E-state index is 13.5. The Morgan fingerprint density at radius 3 is 2.33 bits per heavy atom. The van der Waals surface area contributed by atoms with Crippen LogP contribution >= 0.6 is 0 Å². The largest absolute Gasteiger partial charge is 0.362 e. The number of anilines is 1. The van der Waals surface area contributed by atoms with E-state index in [-0.39, 0.29) is 23.5 Å². The molecule has 1 aliphatic carbocycles. The van der Waals surface area contributed by atoms with Crippen molar-refractivity contribution in [1.29, 1.82) is 0 Å². The monoisotopic (exact) mass is 450 g/mol. The van der Waals surface area contributed by atoms with Crippen LogP contribution in [0.5, 0.6) is 0 Å². The number of carbonyl (C=O) groups excluding carboxylic acids is 2. The van der Waals surface area contributed by atoms with E-state index in [4.69, 9.17) is 0 Å². The minimum atomic E-state index is -0.421. The summed E-state index contributed by atoms with van der Waals surface area (Å²) in [4.78, 5) is 42.1. The van der Waals surface area contributed by atoms with Crippen molar-refractivity contribution in [3.63, 3.8) is 0 Å². The van der Waals surface area contributed by atoms with Crippen LogP contribution in [0.25, 0.3) is 0 Å². The lowest BCUT2D eigenvalue weighted by Crippen LogP contribution is -2.48. The quantitative estimate of drug-likeness (QED) is 0.474. The summed E-state index contributed by atoms with van der Waals surface area (Å²) < 4.78 is 0. The van der Waals surface area contributed by atoms with Crippen LogP contribution in [0, 0.1) is 16.0 Å². The molecule has 0 spiro atoms. The van der Waals surface area contributed by atoms with Gasteiger partial charge in [0.15, 0.2) is 0 Å². The van der Waals surface area contributed by atoms with Crippen molar-refractivity contribution in [3.8, 4) is 0 Å². The van der Waals surface area contributed by atoms with Gasteiger partial charge in [0.05, 0.1) is 4.92 Å². The fourth-order valence-corrected chi connectivity index (χ4v) is 4.51. The molecule has 174 valence electrons. The van der Waals surface area contributed by atoms with E-state index < -0.39 is 4.92 Å². The zero-order chi connectivity index (χ0) is 23.5. The van der Waals surface area contributed by atoms with Crippen LogP contribution in [0.15, 0.2) is 48.5 Å². The normalized spacial score (nSPS) is 16.9. The van der Waals surface area contributed by atoms with Crippen molar-refractivity contribution in [1.82, 2.24) is 9.80 Å². The molecule has 2 amide bonds. The molecule has 2 aromatic carbocycles. The van der Waals surface area contributed by atoms with Crippen molar-refractivity contribution in [2.45, 2.75) is 39.3 Å². The van der Waals surface area contributed by atoms with E-state index in [1.165, 1.54) is 13.0 Å². The number of benzene rings is 2. The lowest BCUT2D eigenvalue weighted by atomic mass is 10.1. The Balaban J connectivity index is 1.59. The van der Waals surface area contributed by atoms with Crippen molar-refractivity contribution in [2.75, 3.05) is 31.1 Å². The second-order valence-corrected chi connectivity index (χ2v) is 8.95. The number of hydrogen-bond acceptors (Lipinski definition) is 5. The zero-order valence-electron chi connectivity index (χ0n) is 19.1. The van der Waals surface area contributed by atoms with Crippen LogP contribution in [0.4, 0.5) is 11.4 Å². The fourth-order valence-electron chi connectivity index (χ4n) is 4.51. The molecule has 4 rings (SSSR count). The number of hydrogen-bond donors (Lipinski definition) is 0. The van der Waals surface area contributed by atoms with E-state index in [1.807, 2.05) is 40.1 Å². The number of carbonyl (C=O) groups is 2. The highest BCUT2D eigenvalue weighted by molar-refractivity contribution is 5.96. The predicted molar refractivity (Wildman–Crippen MR) is 126 cm³/mol. The number of nitro groups is 1. The maximum absolute atomic E-state index is 13.5. The third-order valence-electron chi connectivity index (χ3n) is 6.74. The summed E-state index contributed by atoms with van der Waals surface area (Å²) in [6, 6.07) is 14.7. The van der Waals surface area contributed by atoms with Crippen LogP contribution in [0.2, 0.25) is 0 Å². The van der Waals surface area contributed by atoms with Crippen LogP contribution in [-0.4, -0.2) is 58.8 Å². The molecule has 8 heteroatoms. The third-order valence-corrected chi connectivity index (χ3v) is 6.74. The average molecular weight is 451 g/mol. The van der Waals surface area contributed by atoms with Gasteiger partial charge in [-0.25, -0.2) is 0 Å². The molecule has 0 N–H and O–H groups in total. The smallest absolute Gasteiger partial charge is 0.293 e. The van der Waals surface area contributed by atoms with Crippen LogP contribution in [0.1, 0.15) is 42.6 Å². The van der Waals surface area contributed by atoms with E-state index in [2.05, 4.69) is 6.92 Å². The molecular formula is C25H30N4O4. The highest BCUT2D eigenvalue weighted by Gasteiger charge is 2.35. The summed E-state index contributed by atoms with van der Waals surface area (Å²) in [6.07, 6.45) is 2.20. The van der Waals surface area contributed by atoms with Crippen molar-refractivity contribution in [3.05, 3.63) is 69.8 Å². The van der Waals surface area contributed by atoms with Crippen LogP contribution in [0.3, 0.4) is 0 Å². The van der Waals surface area contributed by atoms with Gasteiger partial charge in [-0.15, -0.1) is 0 Å². The first kappa shape index (κ1) is 22.8. The molecule has 0 radical (unpaired) electrons. The summed E-state index contributed by atoms with van der Waals surface area (Å²) in [5, 5.41) is 11.9. The molecule has 33 heavy (non-hydrogen) atoms. The molecule has 1 atom stereocenters. The summed E-state index contributed by atoms with van der Waals surface area (Å²) in [5.41, 5.74) is 1.78. The van der Waals surface area contributed by atoms with Crippen molar-refractivity contribution < 1.29 is 14.5 Å². The van der Waals surface area contributed by atoms with Crippen LogP contribution < -0.4 is 4.90 Å². The lowest BCUT2D eigenvalue weighted by molar-refractivity contribution is -0.384. The summed E-state index contributed by atoms with van der Waals surface area (Å²) in [5.74, 6) is 0.298. The summed E-state index contributed by atoms with van der Waals surface area (Å²) in [6.45, 7) is 6.16. The number of amides is 2. The summed E-state index contributed by atoms with van der Waals surface area (Å²) in [7, 11) is 0. The Morgan fingerprint density at radius 1 is 1.09 bits per heavy atom. The van der Waals surface area contributed by atoms with Crippen LogP contribution in [-0.2, 0) is 11.3 Å². The first-order valence-electron chi connectivity index (χ1n) is 11.5. The minimum absolute atomic E-state index is 0.00776. The Morgan fingerprint density at radius 2 is 1.76 bits per heavy atom. The van der Waals surface area contributed by atoms with Gasteiger partial charge in [-0.05, 0) is 43.4 Å². The summed E-state index contributed by atoms with van der Waals surface area (Å²) >= 11 is 0. The van der Waals surface area contributed by atoms with Gasteiger partial charge in [-0.1, -0.05) is 30.3 Å². The molecule has 1 saturated heterocycles. The first-order chi connectivity index (χ1) is 15.8. The second-order valence-electron chi connectivity index (χ2n) is 8.95. The molecule has 8 nitrogen and oxygen atoms in total. The van der Waals surface area contributed by atoms with E-state index in [0.717, 1.165) is 18.4 Å². The first-order valence-corrected chi connectivity index (χ1v) is 11.5. The number of rotatable bonds is 7. The molecule has 2 aromatic rings. The highest BCUT2D eigenvalue weighted by Crippen LogP contribution is 2.37. The Kier molecular flexibility index (Phi) is 6.62. The van der Waals surface area contributed by atoms with Gasteiger partial charge < -0.3 is 14.7 Å². The Hall–Kier alpha value is -3.42. The average Bonchev–Trinajstić information content (AvgIpc) is 3.67. The standard InChI is InChI=1S/C25H30N4O4/c1-18(21-8-9-21)28(17-20-6-4-3-5-7-20)25(31)22-10-11-23(24(16-22)29(32)33)27-14-12-26(13-15-27)19(2)30/h3-7,10-11,16,18,21H,8-9,12-15,17H2,1-2H3. The molecule has 1 heterocycles. The van der Waals surface area contributed by atoms with Gasteiger partial charge in [0, 0.05) is 57.3 Å². The minimum Gasteiger partial charge on any atom is -0.362 e. The third kappa shape index (κ3) is 5.16. The highest BCUT2D eigenvalue weighted by atomic mass is 16.6. The predicted octanol–water partition coefficient (Wildman–Crippen LogP) is 3.70. The Bertz CT molecular complexity index is 1030. The lowest BCUT2D eigenvalue weighted by Gasteiger charge is -2.35. The van der Waals surface area contributed by atoms with Gasteiger partial charge >= 0.3 is 0 Å². The molecule has 0 aromatic heterocycles. The van der Waals surface area contributed by atoms with Gasteiger partial charge in [0.25, 0.3) is 11.6 Å². The molecule has 0 bridgehead atoms. The molecular weight excluding hydrogens is 420 g/mol. The van der Waals surface area contributed by atoms with Crippen molar-refractivity contribution in [2.24, 2.45) is 5.92 Å². The maximum Gasteiger partial charge on any atom is 0.293 e. The van der Waals surface area contributed by atoms with E-state index in [9.17, 15) is 19.7 Å². The molecule has 2 aliphatic rings. The van der Waals surface area contributed by atoms with Gasteiger partial charge in [0.2, 0.25) is 5.91 Å². The molecule has 1 saturated carbocycles. The topological polar surface area (TPSA) is 87.0 Å². The van der Waals surface area contributed by atoms with E-state index in [1.54, 1.807) is 17.0 Å². The van der Waals surface area contributed by atoms with Gasteiger partial charge in [-0.3, -0.25) is 19.7 Å². The number of nitro benzene ring substituents is 1. The molecule has 1 unspecified atom stereocenters. The fraction of sp³-hybridized carbons (Fsp3) is 0.440. The van der Waals surface area contributed by atoms with Gasteiger partial charge in [0.1, 0.15) is 5.69 Å². The van der Waals surface area contributed by atoms with Gasteiger partial charge in [-0.2, -0.15) is 0 Å². The second kappa shape index (κ2) is 9.60. The SMILES string of the molecule is CC(=O)N1CCN(c2ccc(C(=O)N(Cc3ccccc3)C(C)C3CC3)cc2[N+](=O)[O-])CC1. The zero-order valence-corrected chi connectivity index (χ0v) is 19.1. The number of piperazine rings is 1. The Labute approximate surface area is 193 Å². The van der Waals surface area contributed by atoms with E-state index in [0.29, 0.717) is 49.9 Å².